The summed E-state index contributed by atoms with van der Waals surface area (Å²) < 4.78 is 15.5. The maximum absolute atomic E-state index is 12.5. The van der Waals surface area contributed by atoms with Gasteiger partial charge in [0.1, 0.15) is 17.5 Å². The van der Waals surface area contributed by atoms with Crippen LogP contribution >= 0.6 is 23.4 Å². The van der Waals surface area contributed by atoms with Gasteiger partial charge >= 0.3 is 12.0 Å². The number of methoxy groups -OCH3 is 2. The Bertz CT molecular complexity index is 851. The molecule has 1 unspecified atom stereocenters. The Morgan fingerprint density at radius 1 is 1.10 bits per heavy atom. The van der Waals surface area contributed by atoms with Crippen LogP contribution in [0.25, 0.3) is 0 Å². The molecule has 0 spiro atoms. The number of benzene rings is 2. The monoisotopic (exact) mass is 452 g/mol. The van der Waals surface area contributed by atoms with Crippen molar-refractivity contribution in [3.63, 3.8) is 0 Å². The van der Waals surface area contributed by atoms with Gasteiger partial charge in [-0.3, -0.25) is 0 Å². The fraction of sp³-hybridized carbons (Fsp3) is 0.333. The summed E-state index contributed by atoms with van der Waals surface area (Å²) in [5, 5.41) is 5.63. The van der Waals surface area contributed by atoms with Crippen LogP contribution in [-0.2, 0) is 15.3 Å². The SMILES string of the molecule is CCOC(=O)C(CSCc1ccccc1)NC(=O)Nc1cc(Cl)c(OC)cc1OC. The molecule has 1 atom stereocenters. The zero-order valence-corrected chi connectivity index (χ0v) is 18.6. The van der Waals surface area contributed by atoms with E-state index in [9.17, 15) is 9.59 Å². The van der Waals surface area contributed by atoms with E-state index < -0.39 is 18.0 Å². The van der Waals surface area contributed by atoms with Gasteiger partial charge in [-0.2, -0.15) is 11.8 Å². The van der Waals surface area contributed by atoms with Crippen LogP contribution in [0.4, 0.5) is 10.5 Å². The van der Waals surface area contributed by atoms with Crippen molar-refractivity contribution in [1.29, 1.82) is 0 Å². The van der Waals surface area contributed by atoms with E-state index >= 15 is 0 Å². The molecule has 0 aromatic heterocycles. The highest BCUT2D eigenvalue weighted by Crippen LogP contribution is 2.35. The molecule has 2 amide bonds. The van der Waals surface area contributed by atoms with Gasteiger partial charge in [-0.05, 0) is 18.6 Å². The molecule has 162 valence electrons. The normalized spacial score (nSPS) is 11.3. The highest BCUT2D eigenvalue weighted by molar-refractivity contribution is 7.98. The summed E-state index contributed by atoms with van der Waals surface area (Å²) in [6.07, 6.45) is 0. The summed E-state index contributed by atoms with van der Waals surface area (Å²) in [6.45, 7) is 1.94. The van der Waals surface area contributed by atoms with Crippen molar-refractivity contribution in [2.24, 2.45) is 0 Å². The molecule has 0 bridgehead atoms. The minimum Gasteiger partial charge on any atom is -0.495 e. The number of halogens is 1. The third-order valence-electron chi connectivity index (χ3n) is 3.99. The number of urea groups is 1. The Morgan fingerprint density at radius 3 is 2.43 bits per heavy atom. The number of ether oxygens (including phenoxy) is 3. The summed E-state index contributed by atoms with van der Waals surface area (Å²) in [7, 11) is 2.95. The maximum atomic E-state index is 12.5. The van der Waals surface area contributed by atoms with E-state index in [0.717, 1.165) is 5.56 Å². The number of nitrogens with one attached hydrogen (secondary N) is 2. The largest absolute Gasteiger partial charge is 0.495 e. The minimum atomic E-state index is -0.807. The van der Waals surface area contributed by atoms with E-state index in [2.05, 4.69) is 10.6 Å². The number of rotatable bonds is 10. The Kier molecular flexibility index (Phi) is 9.63. The second kappa shape index (κ2) is 12.2. The van der Waals surface area contributed by atoms with Crippen molar-refractivity contribution in [3.05, 3.63) is 53.1 Å². The van der Waals surface area contributed by atoms with Crippen LogP contribution in [0.5, 0.6) is 11.5 Å². The van der Waals surface area contributed by atoms with Gasteiger partial charge in [0.15, 0.2) is 0 Å². The summed E-state index contributed by atoms with van der Waals surface area (Å²) in [5.41, 5.74) is 1.48. The summed E-state index contributed by atoms with van der Waals surface area (Å²) in [6, 6.07) is 11.6. The lowest BCUT2D eigenvalue weighted by molar-refractivity contribution is -0.144. The minimum absolute atomic E-state index is 0.226. The van der Waals surface area contributed by atoms with Crippen molar-refractivity contribution >= 4 is 41.1 Å². The highest BCUT2D eigenvalue weighted by Gasteiger charge is 2.23. The van der Waals surface area contributed by atoms with Crippen molar-refractivity contribution in [3.8, 4) is 11.5 Å². The van der Waals surface area contributed by atoms with Gasteiger partial charge in [0.25, 0.3) is 0 Å². The lowest BCUT2D eigenvalue weighted by Gasteiger charge is -2.18. The molecule has 7 nitrogen and oxygen atoms in total. The van der Waals surface area contributed by atoms with Crippen LogP contribution in [0.15, 0.2) is 42.5 Å². The summed E-state index contributed by atoms with van der Waals surface area (Å²) >= 11 is 7.66. The lowest BCUT2D eigenvalue weighted by Crippen LogP contribution is -2.45. The number of hydrogen-bond donors (Lipinski definition) is 2. The first kappa shape index (κ1) is 23.7. The van der Waals surface area contributed by atoms with Crippen LogP contribution in [0.2, 0.25) is 5.02 Å². The van der Waals surface area contributed by atoms with E-state index in [4.69, 9.17) is 25.8 Å². The third kappa shape index (κ3) is 7.03. The van der Waals surface area contributed by atoms with Crippen molar-refractivity contribution < 1.29 is 23.8 Å². The van der Waals surface area contributed by atoms with Crippen LogP contribution in [0.3, 0.4) is 0 Å². The van der Waals surface area contributed by atoms with Gasteiger partial charge in [0.05, 0.1) is 31.5 Å². The molecule has 0 aliphatic rings. The van der Waals surface area contributed by atoms with Gasteiger partial charge in [-0.15, -0.1) is 0 Å². The number of carbonyl (C=O) groups is 2. The molecule has 2 aromatic rings. The number of carbonyl (C=O) groups excluding carboxylic acids is 2. The summed E-state index contributed by atoms with van der Waals surface area (Å²) in [4.78, 5) is 24.8. The molecule has 2 N–H and O–H groups in total. The van der Waals surface area contributed by atoms with Crippen LogP contribution in [0.1, 0.15) is 12.5 Å². The van der Waals surface area contributed by atoms with Crippen LogP contribution in [-0.4, -0.2) is 44.6 Å². The van der Waals surface area contributed by atoms with Gasteiger partial charge in [0, 0.05) is 17.6 Å². The Labute approximate surface area is 185 Å². The molecule has 0 fully saturated rings. The molecule has 0 aliphatic heterocycles. The molecule has 0 aliphatic carbocycles. The fourth-order valence-corrected chi connectivity index (χ4v) is 3.80. The van der Waals surface area contributed by atoms with Gasteiger partial charge in [-0.1, -0.05) is 41.9 Å². The zero-order chi connectivity index (χ0) is 21.9. The lowest BCUT2D eigenvalue weighted by atomic mass is 10.2. The first-order chi connectivity index (χ1) is 14.5. The molecule has 0 saturated heterocycles. The van der Waals surface area contributed by atoms with E-state index in [-0.39, 0.29) is 6.61 Å². The van der Waals surface area contributed by atoms with Crippen molar-refractivity contribution in [1.82, 2.24) is 5.32 Å². The van der Waals surface area contributed by atoms with Crippen molar-refractivity contribution in [2.45, 2.75) is 18.7 Å². The van der Waals surface area contributed by atoms with E-state index in [1.54, 1.807) is 13.0 Å². The van der Waals surface area contributed by atoms with Crippen LogP contribution < -0.4 is 20.1 Å². The third-order valence-corrected chi connectivity index (χ3v) is 5.40. The van der Waals surface area contributed by atoms with E-state index in [1.807, 2.05) is 30.3 Å². The zero-order valence-electron chi connectivity index (χ0n) is 17.1. The predicted octanol–water partition coefficient (Wildman–Crippen LogP) is 4.34. The first-order valence-corrected chi connectivity index (χ1v) is 10.8. The predicted molar refractivity (Wildman–Crippen MR) is 120 cm³/mol. The smallest absolute Gasteiger partial charge is 0.329 e. The molecule has 9 heteroatoms. The first-order valence-electron chi connectivity index (χ1n) is 9.25. The van der Waals surface area contributed by atoms with Gasteiger partial charge in [0.2, 0.25) is 0 Å². The van der Waals surface area contributed by atoms with E-state index in [0.29, 0.717) is 33.7 Å². The van der Waals surface area contributed by atoms with Gasteiger partial charge < -0.3 is 24.8 Å². The van der Waals surface area contributed by atoms with E-state index in [1.165, 1.54) is 32.0 Å². The molecule has 0 saturated carbocycles. The quantitative estimate of drug-likeness (QED) is 0.521. The van der Waals surface area contributed by atoms with Gasteiger partial charge in [-0.25, -0.2) is 9.59 Å². The van der Waals surface area contributed by atoms with Crippen molar-refractivity contribution in [2.75, 3.05) is 31.9 Å². The average Bonchev–Trinajstić information content (AvgIpc) is 2.74. The molecular weight excluding hydrogens is 428 g/mol. The molecule has 0 radical (unpaired) electrons. The average molecular weight is 453 g/mol. The summed E-state index contributed by atoms with van der Waals surface area (Å²) in [5.74, 6) is 1.37. The number of anilines is 1. The molecule has 2 aromatic carbocycles. The molecule has 0 heterocycles. The topological polar surface area (TPSA) is 85.9 Å². The Morgan fingerprint density at radius 2 is 1.80 bits per heavy atom. The second-order valence-electron chi connectivity index (χ2n) is 6.09. The second-order valence-corrected chi connectivity index (χ2v) is 7.53. The number of esters is 1. The van der Waals surface area contributed by atoms with Crippen LogP contribution in [0, 0.1) is 0 Å². The number of amides is 2. The maximum Gasteiger partial charge on any atom is 0.329 e. The number of hydrogen-bond acceptors (Lipinski definition) is 6. The highest BCUT2D eigenvalue weighted by atomic mass is 35.5. The Balaban J connectivity index is 2.03. The number of thioether (sulfide) groups is 1. The Hall–Kier alpha value is -2.58. The fourth-order valence-electron chi connectivity index (χ4n) is 2.55. The molecule has 2 rings (SSSR count). The standard InChI is InChI=1S/C21H25ClN2O5S/c1-4-29-20(25)17(13-30-12-14-8-6-5-7-9-14)24-21(26)23-16-10-15(22)18(27-2)11-19(16)28-3/h5-11,17H,4,12-13H2,1-3H3,(H2,23,24,26). The molecular formula is C21H25ClN2O5S. The molecule has 30 heavy (non-hydrogen) atoms.